The molecule has 5 rings (SSSR count). The Labute approximate surface area is 203 Å². The summed E-state index contributed by atoms with van der Waals surface area (Å²) in [7, 11) is 0. The van der Waals surface area contributed by atoms with Gasteiger partial charge in [-0.05, 0) is 63.6 Å². The highest BCUT2D eigenvalue weighted by Crippen LogP contribution is 2.35. The van der Waals surface area contributed by atoms with Gasteiger partial charge in [0.15, 0.2) is 5.65 Å². The van der Waals surface area contributed by atoms with E-state index in [0.717, 1.165) is 23.5 Å². The Balaban J connectivity index is 1.42. The highest BCUT2D eigenvalue weighted by Gasteiger charge is 2.33. The molecule has 1 aliphatic rings. The second-order valence-electron chi connectivity index (χ2n) is 9.65. The maximum Gasteiger partial charge on any atom is 0.330 e. The number of hydroxylamine groups is 2. The maximum absolute atomic E-state index is 12.3. The molecule has 9 nitrogen and oxygen atoms in total. The van der Waals surface area contributed by atoms with Gasteiger partial charge in [0.25, 0.3) is 0 Å². The Hall–Kier alpha value is -3.98. The predicted molar refractivity (Wildman–Crippen MR) is 132 cm³/mol. The van der Waals surface area contributed by atoms with E-state index in [4.69, 9.17) is 20.4 Å². The van der Waals surface area contributed by atoms with Gasteiger partial charge in [-0.15, -0.1) is 5.06 Å². The Morgan fingerprint density at radius 3 is 2.46 bits per heavy atom. The zero-order valence-corrected chi connectivity index (χ0v) is 20.0. The van der Waals surface area contributed by atoms with Crippen molar-refractivity contribution < 1.29 is 14.4 Å². The molecule has 1 fully saturated rings. The van der Waals surface area contributed by atoms with E-state index in [1.165, 1.54) is 6.33 Å². The van der Waals surface area contributed by atoms with E-state index in [0.29, 0.717) is 35.6 Å². The summed E-state index contributed by atoms with van der Waals surface area (Å²) in [6, 6.07) is 17.3. The minimum atomic E-state index is -0.568. The number of fused-ring (bicyclic) bond motifs is 1. The number of nitrogens with two attached hydrogens (primary N) is 1. The topological polar surface area (TPSA) is 108 Å². The normalized spacial score (nSPS) is 16.5. The summed E-state index contributed by atoms with van der Waals surface area (Å²) in [6.07, 6.45) is 2.21. The summed E-state index contributed by atoms with van der Waals surface area (Å²) < 4.78 is 7.79. The Kier molecular flexibility index (Phi) is 5.86. The summed E-state index contributed by atoms with van der Waals surface area (Å²) >= 11 is 0. The van der Waals surface area contributed by atoms with Crippen LogP contribution in [0.4, 0.5) is 5.82 Å². The summed E-state index contributed by atoms with van der Waals surface area (Å²) in [6.45, 7) is 6.66. The molecule has 0 unspecified atom stereocenters. The Bertz CT molecular complexity index is 1350. The predicted octanol–water partition coefficient (Wildman–Crippen LogP) is 4.62. The molecule has 1 atom stereocenters. The third-order valence-electron chi connectivity index (χ3n) is 5.92. The number of ether oxygens (including phenoxy) is 1. The lowest BCUT2D eigenvalue weighted by atomic mass is 9.98. The fourth-order valence-electron chi connectivity index (χ4n) is 4.00. The lowest BCUT2D eigenvalue weighted by molar-refractivity contribution is -0.195. The second kappa shape index (κ2) is 8.99. The van der Waals surface area contributed by atoms with Gasteiger partial charge >= 0.3 is 5.97 Å². The van der Waals surface area contributed by atoms with Crippen LogP contribution in [0.2, 0.25) is 0 Å². The molecule has 0 amide bonds. The molecule has 180 valence electrons. The van der Waals surface area contributed by atoms with Gasteiger partial charge in [-0.1, -0.05) is 18.2 Å². The van der Waals surface area contributed by atoms with Gasteiger partial charge in [0.05, 0.1) is 23.4 Å². The Morgan fingerprint density at radius 2 is 1.74 bits per heavy atom. The number of para-hydroxylation sites is 1. The molecule has 35 heavy (non-hydrogen) atoms. The first-order valence-electron chi connectivity index (χ1n) is 11.6. The molecule has 0 aliphatic carbocycles. The highest BCUT2D eigenvalue weighted by atomic mass is 16.7. The van der Waals surface area contributed by atoms with Crippen LogP contribution in [-0.2, 0) is 9.63 Å². The van der Waals surface area contributed by atoms with Gasteiger partial charge in [0, 0.05) is 12.1 Å². The third-order valence-corrected chi connectivity index (χ3v) is 5.92. The van der Waals surface area contributed by atoms with E-state index in [1.54, 1.807) is 5.06 Å². The largest absolute Gasteiger partial charge is 0.457 e. The molecule has 0 radical (unpaired) electrons. The standard InChI is InChI=1S/C26H28N6O3/c1-26(2,3)25(33)35-31-14-13-18(15-31)32-24-21(23(27)28-16-29-24)22(30-32)17-9-11-20(12-10-17)34-19-7-5-4-6-8-19/h4-12,16,18H,13-15H2,1-3H3,(H2,27,28,29)/t18-/m1/s1. The van der Waals surface area contributed by atoms with Gasteiger partial charge < -0.3 is 15.3 Å². The monoisotopic (exact) mass is 472 g/mol. The summed E-state index contributed by atoms with van der Waals surface area (Å²) in [5, 5.41) is 7.31. The van der Waals surface area contributed by atoms with Crippen molar-refractivity contribution in [1.82, 2.24) is 24.8 Å². The fourth-order valence-corrected chi connectivity index (χ4v) is 4.00. The van der Waals surface area contributed by atoms with Crippen LogP contribution in [0.25, 0.3) is 22.3 Å². The van der Waals surface area contributed by atoms with E-state index in [9.17, 15) is 4.79 Å². The van der Waals surface area contributed by atoms with Crippen molar-refractivity contribution in [2.45, 2.75) is 33.2 Å². The van der Waals surface area contributed by atoms with Gasteiger partial charge in [-0.3, -0.25) is 0 Å². The average Bonchev–Trinajstić information content (AvgIpc) is 3.45. The van der Waals surface area contributed by atoms with Crippen LogP contribution in [-0.4, -0.2) is 43.9 Å². The van der Waals surface area contributed by atoms with Crippen molar-refractivity contribution in [3.05, 3.63) is 60.9 Å². The molecule has 2 aromatic carbocycles. The maximum atomic E-state index is 12.3. The quantitative estimate of drug-likeness (QED) is 0.448. The fraction of sp³-hybridized carbons (Fsp3) is 0.308. The van der Waals surface area contributed by atoms with E-state index < -0.39 is 5.41 Å². The lowest BCUT2D eigenvalue weighted by Crippen LogP contribution is -2.32. The first-order valence-corrected chi connectivity index (χ1v) is 11.6. The number of hydrogen-bond acceptors (Lipinski definition) is 8. The van der Waals surface area contributed by atoms with Crippen LogP contribution in [0, 0.1) is 5.41 Å². The number of hydrogen-bond donors (Lipinski definition) is 1. The van der Waals surface area contributed by atoms with Gasteiger partial charge in [-0.2, -0.15) is 5.10 Å². The van der Waals surface area contributed by atoms with Gasteiger partial charge in [-0.25, -0.2) is 19.4 Å². The summed E-state index contributed by atoms with van der Waals surface area (Å²) in [4.78, 5) is 26.6. The van der Waals surface area contributed by atoms with Crippen LogP contribution in [0.1, 0.15) is 33.2 Å². The first kappa shape index (κ1) is 22.8. The molecule has 3 heterocycles. The number of anilines is 1. The molecule has 4 aromatic rings. The van der Waals surface area contributed by atoms with Crippen LogP contribution in [0.15, 0.2) is 60.9 Å². The van der Waals surface area contributed by atoms with Crippen molar-refractivity contribution >= 4 is 22.8 Å². The smallest absolute Gasteiger partial charge is 0.330 e. The number of benzene rings is 2. The van der Waals surface area contributed by atoms with Gasteiger partial charge in [0.2, 0.25) is 0 Å². The summed E-state index contributed by atoms with van der Waals surface area (Å²) in [5.74, 6) is 1.61. The number of nitrogen functional groups attached to an aromatic ring is 1. The molecule has 0 bridgehead atoms. The molecule has 1 saturated heterocycles. The number of nitrogens with zero attached hydrogens (tertiary/aromatic N) is 5. The number of carbonyl (C=O) groups is 1. The number of rotatable bonds is 5. The van der Waals surface area contributed by atoms with Crippen molar-refractivity contribution in [2.75, 3.05) is 18.8 Å². The van der Waals surface area contributed by atoms with E-state index in [1.807, 2.05) is 80.1 Å². The van der Waals surface area contributed by atoms with Crippen molar-refractivity contribution in [3.8, 4) is 22.8 Å². The third kappa shape index (κ3) is 4.67. The molecule has 2 aromatic heterocycles. The molecule has 2 N–H and O–H groups in total. The zero-order valence-electron chi connectivity index (χ0n) is 20.0. The van der Waals surface area contributed by atoms with Crippen LogP contribution in [0.3, 0.4) is 0 Å². The second-order valence-corrected chi connectivity index (χ2v) is 9.65. The molecule has 1 aliphatic heterocycles. The Morgan fingerprint density at radius 1 is 1.03 bits per heavy atom. The molecule has 0 spiro atoms. The highest BCUT2D eigenvalue weighted by molar-refractivity contribution is 5.98. The molecular formula is C26H28N6O3. The zero-order chi connectivity index (χ0) is 24.6. The van der Waals surface area contributed by atoms with Gasteiger partial charge in [0.1, 0.15) is 29.3 Å². The van der Waals surface area contributed by atoms with Crippen molar-refractivity contribution in [3.63, 3.8) is 0 Å². The molecular weight excluding hydrogens is 444 g/mol. The number of carbonyl (C=O) groups excluding carboxylic acids is 1. The van der Waals surface area contributed by atoms with Crippen LogP contribution < -0.4 is 10.5 Å². The van der Waals surface area contributed by atoms with E-state index >= 15 is 0 Å². The van der Waals surface area contributed by atoms with Crippen LogP contribution >= 0.6 is 0 Å². The summed E-state index contributed by atoms with van der Waals surface area (Å²) in [5.41, 5.74) is 7.94. The van der Waals surface area contributed by atoms with Crippen molar-refractivity contribution in [1.29, 1.82) is 0 Å². The van der Waals surface area contributed by atoms with E-state index in [-0.39, 0.29) is 12.0 Å². The SMILES string of the molecule is CC(C)(C)C(=O)ON1CC[C@@H](n2nc(-c3ccc(Oc4ccccc4)cc3)c3c(N)ncnc32)C1. The minimum Gasteiger partial charge on any atom is -0.457 e. The lowest BCUT2D eigenvalue weighted by Gasteiger charge is -2.21. The molecule has 9 heteroatoms. The van der Waals surface area contributed by atoms with Crippen LogP contribution in [0.5, 0.6) is 11.5 Å². The molecule has 0 saturated carbocycles. The average molecular weight is 473 g/mol. The minimum absolute atomic E-state index is 0.0194. The van der Waals surface area contributed by atoms with Crippen molar-refractivity contribution in [2.24, 2.45) is 5.41 Å². The number of aromatic nitrogens is 4. The first-order chi connectivity index (χ1) is 16.8. The van der Waals surface area contributed by atoms with E-state index in [2.05, 4.69) is 9.97 Å².